The van der Waals surface area contributed by atoms with Crippen LogP contribution >= 0.6 is 0 Å². The van der Waals surface area contributed by atoms with Gasteiger partial charge in [0.05, 0.1) is 5.92 Å². The molecule has 44 heavy (non-hydrogen) atoms. The van der Waals surface area contributed by atoms with Crippen molar-refractivity contribution in [1.82, 2.24) is 0 Å². The first-order valence-corrected chi connectivity index (χ1v) is 18.8. The first-order chi connectivity index (χ1) is 21.7. The molecule has 0 aliphatic carbocycles. The second kappa shape index (κ2) is 35.5. The summed E-state index contributed by atoms with van der Waals surface area (Å²) in [6.07, 6.45) is 45.0. The van der Waals surface area contributed by atoms with Crippen LogP contribution in [0, 0.1) is 5.92 Å². The number of allylic oxidation sites excluding steroid dienone is 6. The molecule has 0 aromatic carbocycles. The van der Waals surface area contributed by atoms with Gasteiger partial charge in [-0.15, -0.1) is 0 Å². The Hall–Kier alpha value is -1.97. The predicted molar refractivity (Wildman–Crippen MR) is 189 cm³/mol. The Balaban J connectivity index is 3.81. The molecule has 0 bridgehead atoms. The Kier molecular flexibility index (Phi) is 33.9. The van der Waals surface area contributed by atoms with E-state index in [4.69, 9.17) is 4.74 Å². The van der Waals surface area contributed by atoms with Gasteiger partial charge < -0.3 is 9.53 Å². The number of hydrogen-bond acceptors (Lipinski definition) is 4. The molecule has 0 saturated heterocycles. The molecule has 0 aromatic rings. The molecule has 0 spiro atoms. The van der Waals surface area contributed by atoms with Gasteiger partial charge in [0.15, 0.2) is 0 Å². The van der Waals surface area contributed by atoms with E-state index >= 15 is 0 Å². The minimum atomic E-state index is -0.337. The summed E-state index contributed by atoms with van der Waals surface area (Å²) in [5.41, 5.74) is 0. The molecule has 0 fully saturated rings. The van der Waals surface area contributed by atoms with Crippen molar-refractivity contribution in [2.75, 3.05) is 0 Å². The van der Waals surface area contributed by atoms with E-state index in [0.717, 1.165) is 103 Å². The van der Waals surface area contributed by atoms with E-state index in [2.05, 4.69) is 50.3 Å². The largest absolute Gasteiger partial charge is 0.393 e. The number of unbranched alkanes of at least 4 members (excludes halogenated alkanes) is 19. The molecule has 0 aliphatic heterocycles. The number of carbonyl (C=O) groups is 3. The Morgan fingerprint density at radius 3 is 1.52 bits per heavy atom. The van der Waals surface area contributed by atoms with E-state index in [1.807, 2.05) is 0 Å². The van der Waals surface area contributed by atoms with Crippen molar-refractivity contribution in [1.29, 1.82) is 0 Å². The minimum Gasteiger partial charge on any atom is -0.393 e. The average Bonchev–Trinajstić information content (AvgIpc) is 3.02. The first kappa shape index (κ1) is 42.0. The van der Waals surface area contributed by atoms with E-state index in [1.54, 1.807) is 0 Å². The lowest BCUT2D eigenvalue weighted by molar-refractivity contribution is -0.163. The maximum absolute atomic E-state index is 12.7. The first-order valence-electron chi connectivity index (χ1n) is 18.8. The fourth-order valence-electron chi connectivity index (χ4n) is 5.53. The second-order valence-corrected chi connectivity index (χ2v) is 12.6. The van der Waals surface area contributed by atoms with Crippen molar-refractivity contribution in [3.8, 4) is 0 Å². The van der Waals surface area contributed by atoms with Crippen LogP contribution in [0.5, 0.6) is 0 Å². The van der Waals surface area contributed by atoms with Crippen LogP contribution in [0.3, 0.4) is 0 Å². The monoisotopic (exact) mass is 615 g/mol. The van der Waals surface area contributed by atoms with Gasteiger partial charge in [0.25, 0.3) is 0 Å². The fraction of sp³-hybridized carbons (Fsp3) is 0.775. The lowest BCUT2D eigenvalue weighted by Gasteiger charge is -2.15. The standard InChI is InChI=1S/C40H70O4/c1-3-5-7-8-9-10-11-12-13-17-20-23-26-29-32-36-39(42)44-40(43)38(34-6-4-2)35-31-28-25-22-19-16-14-15-18-21-24-27-30-33-37-41/h5,7,9-10,12-13,37-38H,3-4,6,8,11,14-36H2,1-2H3. The zero-order chi connectivity index (χ0) is 32.2. The third-order valence-corrected chi connectivity index (χ3v) is 8.36. The maximum atomic E-state index is 12.7. The zero-order valence-corrected chi connectivity index (χ0v) is 29.1. The van der Waals surface area contributed by atoms with Gasteiger partial charge in [-0.3, -0.25) is 9.59 Å². The van der Waals surface area contributed by atoms with E-state index in [0.29, 0.717) is 6.42 Å². The van der Waals surface area contributed by atoms with E-state index in [9.17, 15) is 14.4 Å². The Bertz CT molecular complexity index is 736. The number of esters is 2. The van der Waals surface area contributed by atoms with Crippen LogP contribution in [0.2, 0.25) is 0 Å². The Labute approximate surface area is 273 Å². The summed E-state index contributed by atoms with van der Waals surface area (Å²) >= 11 is 0. The molecule has 0 N–H and O–H groups in total. The third kappa shape index (κ3) is 31.5. The Morgan fingerprint density at radius 2 is 0.977 bits per heavy atom. The molecule has 4 nitrogen and oxygen atoms in total. The molecule has 1 unspecified atom stereocenters. The summed E-state index contributed by atoms with van der Waals surface area (Å²) in [7, 11) is 0. The molecule has 0 heterocycles. The van der Waals surface area contributed by atoms with Gasteiger partial charge in [0.2, 0.25) is 0 Å². The van der Waals surface area contributed by atoms with Crippen LogP contribution in [0.25, 0.3) is 0 Å². The lowest BCUT2D eigenvalue weighted by Crippen LogP contribution is -2.21. The summed E-state index contributed by atoms with van der Waals surface area (Å²) in [5, 5.41) is 0. The molecule has 0 aliphatic rings. The number of aldehydes is 1. The average molecular weight is 615 g/mol. The predicted octanol–water partition coefficient (Wildman–Crippen LogP) is 12.5. The summed E-state index contributed by atoms with van der Waals surface area (Å²) in [5.74, 6) is -0.749. The van der Waals surface area contributed by atoms with Crippen molar-refractivity contribution < 1.29 is 19.1 Å². The second-order valence-electron chi connectivity index (χ2n) is 12.6. The van der Waals surface area contributed by atoms with Crippen LogP contribution in [0.15, 0.2) is 36.5 Å². The van der Waals surface area contributed by atoms with Crippen molar-refractivity contribution >= 4 is 18.2 Å². The third-order valence-electron chi connectivity index (χ3n) is 8.36. The molecule has 4 heteroatoms. The molecule has 0 saturated carbocycles. The lowest BCUT2D eigenvalue weighted by atomic mass is 9.95. The smallest absolute Gasteiger partial charge is 0.316 e. The molecular formula is C40H70O4. The van der Waals surface area contributed by atoms with Gasteiger partial charge in [-0.25, -0.2) is 0 Å². The topological polar surface area (TPSA) is 60.4 Å². The van der Waals surface area contributed by atoms with Crippen LogP contribution < -0.4 is 0 Å². The fourth-order valence-corrected chi connectivity index (χ4v) is 5.53. The molecule has 1 atom stereocenters. The normalized spacial score (nSPS) is 12.5. The highest BCUT2D eigenvalue weighted by Gasteiger charge is 2.21. The van der Waals surface area contributed by atoms with Gasteiger partial charge in [-0.05, 0) is 57.8 Å². The minimum absolute atomic E-state index is 0.126. The molecule has 0 rings (SSSR count). The van der Waals surface area contributed by atoms with Crippen LogP contribution in [-0.4, -0.2) is 18.2 Å². The maximum Gasteiger partial charge on any atom is 0.316 e. The highest BCUT2D eigenvalue weighted by atomic mass is 16.6. The summed E-state index contributed by atoms with van der Waals surface area (Å²) in [6, 6.07) is 0. The summed E-state index contributed by atoms with van der Waals surface area (Å²) < 4.78 is 5.29. The van der Waals surface area contributed by atoms with Gasteiger partial charge in [-0.1, -0.05) is 159 Å². The quantitative estimate of drug-likeness (QED) is 0.0242. The van der Waals surface area contributed by atoms with Gasteiger partial charge in [0, 0.05) is 12.8 Å². The van der Waals surface area contributed by atoms with Gasteiger partial charge in [0.1, 0.15) is 6.29 Å². The van der Waals surface area contributed by atoms with Crippen molar-refractivity contribution in [2.45, 2.75) is 194 Å². The van der Waals surface area contributed by atoms with E-state index < -0.39 is 0 Å². The molecule has 0 aromatic heterocycles. The molecule has 254 valence electrons. The number of hydrogen-bond donors (Lipinski definition) is 0. The molecular weight excluding hydrogens is 544 g/mol. The SMILES string of the molecule is CCC=CCC=CCC=CCCCCCCCC(=O)OC(=O)C(CCCC)CCCCCCCCCCCCCCCC=O. The van der Waals surface area contributed by atoms with Gasteiger partial charge in [-0.2, -0.15) is 0 Å². The van der Waals surface area contributed by atoms with Crippen molar-refractivity contribution in [3.63, 3.8) is 0 Å². The zero-order valence-electron chi connectivity index (χ0n) is 29.1. The van der Waals surface area contributed by atoms with Crippen LogP contribution in [0.1, 0.15) is 194 Å². The van der Waals surface area contributed by atoms with Crippen molar-refractivity contribution in [3.05, 3.63) is 36.5 Å². The van der Waals surface area contributed by atoms with Crippen LogP contribution in [-0.2, 0) is 19.1 Å². The van der Waals surface area contributed by atoms with Gasteiger partial charge >= 0.3 is 11.9 Å². The Morgan fingerprint density at radius 1 is 0.523 bits per heavy atom. The number of carbonyl (C=O) groups excluding carboxylic acids is 3. The molecule has 0 radical (unpaired) electrons. The highest BCUT2D eigenvalue weighted by molar-refractivity contribution is 5.86. The number of rotatable bonds is 33. The summed E-state index contributed by atoms with van der Waals surface area (Å²) in [4.78, 5) is 35.4. The molecule has 0 amide bonds. The van der Waals surface area contributed by atoms with E-state index in [-0.39, 0.29) is 17.9 Å². The van der Waals surface area contributed by atoms with E-state index in [1.165, 1.54) is 77.0 Å². The highest BCUT2D eigenvalue weighted by Crippen LogP contribution is 2.20. The van der Waals surface area contributed by atoms with Crippen LogP contribution in [0.4, 0.5) is 0 Å². The number of ether oxygens (including phenoxy) is 1. The van der Waals surface area contributed by atoms with Crippen molar-refractivity contribution in [2.24, 2.45) is 5.92 Å². The summed E-state index contributed by atoms with van der Waals surface area (Å²) in [6.45, 7) is 4.30.